The second-order valence-corrected chi connectivity index (χ2v) is 6.91. The molecule has 2 aromatic rings. The number of amides is 2. The van der Waals surface area contributed by atoms with Crippen LogP contribution in [0.1, 0.15) is 24.9 Å². The van der Waals surface area contributed by atoms with Gasteiger partial charge < -0.3 is 19.7 Å². The monoisotopic (exact) mass is 396 g/mol. The van der Waals surface area contributed by atoms with Crippen LogP contribution in [0.25, 0.3) is 0 Å². The fourth-order valence-electron chi connectivity index (χ4n) is 3.26. The predicted molar refractivity (Wildman–Crippen MR) is 107 cm³/mol. The summed E-state index contributed by atoms with van der Waals surface area (Å²) in [5.74, 6) is -1.07. The Morgan fingerprint density at radius 1 is 1.17 bits per heavy atom. The van der Waals surface area contributed by atoms with Crippen molar-refractivity contribution < 1.29 is 23.9 Å². The molecule has 1 N–H and O–H groups in total. The number of esters is 1. The second-order valence-electron chi connectivity index (χ2n) is 6.91. The molecule has 29 heavy (non-hydrogen) atoms. The van der Waals surface area contributed by atoms with Crippen molar-refractivity contribution in [1.29, 1.82) is 0 Å². The highest BCUT2D eigenvalue weighted by Crippen LogP contribution is 2.28. The van der Waals surface area contributed by atoms with Gasteiger partial charge in [0, 0.05) is 24.7 Å². The summed E-state index contributed by atoms with van der Waals surface area (Å²) in [7, 11) is 1.55. The molecule has 7 heteroatoms. The maximum absolute atomic E-state index is 12.3. The van der Waals surface area contributed by atoms with Gasteiger partial charge in [-0.1, -0.05) is 36.4 Å². The van der Waals surface area contributed by atoms with Gasteiger partial charge in [0.05, 0.1) is 19.1 Å². The molecule has 1 heterocycles. The summed E-state index contributed by atoms with van der Waals surface area (Å²) in [6.07, 6.45) is 0.0537. The van der Waals surface area contributed by atoms with E-state index in [1.54, 1.807) is 31.4 Å². The summed E-state index contributed by atoms with van der Waals surface area (Å²) in [5, 5.41) is 2.79. The van der Waals surface area contributed by atoms with Crippen LogP contribution < -0.4 is 15.0 Å². The number of benzene rings is 2. The summed E-state index contributed by atoms with van der Waals surface area (Å²) >= 11 is 0. The van der Waals surface area contributed by atoms with Crippen LogP contribution in [0.15, 0.2) is 54.6 Å². The summed E-state index contributed by atoms with van der Waals surface area (Å²) in [6.45, 7) is 1.70. The number of ether oxygens (including phenoxy) is 2. The summed E-state index contributed by atoms with van der Waals surface area (Å²) in [5.41, 5.74) is 1.63. The molecule has 152 valence electrons. The normalized spacial score (nSPS) is 17.0. The number of methoxy groups -OCH3 is 1. The predicted octanol–water partition coefficient (Wildman–Crippen LogP) is 2.47. The van der Waals surface area contributed by atoms with Crippen LogP contribution in [0.5, 0.6) is 5.75 Å². The van der Waals surface area contributed by atoms with Crippen LogP contribution in [-0.4, -0.2) is 38.0 Å². The first-order valence-electron chi connectivity index (χ1n) is 9.43. The molecule has 7 nitrogen and oxygen atoms in total. The van der Waals surface area contributed by atoms with Crippen molar-refractivity contribution in [3.63, 3.8) is 0 Å². The molecule has 0 radical (unpaired) electrons. The fourth-order valence-corrected chi connectivity index (χ4v) is 3.26. The zero-order valence-corrected chi connectivity index (χ0v) is 16.5. The standard InChI is InChI=1S/C22H24N2O5/c1-15(16-7-4-3-5-8-16)23-20(25)14-29-22(27)17-11-21(26)24(13-17)18-9-6-10-19(12-18)28-2/h3-10,12,15,17H,11,13-14H2,1-2H3,(H,23,25)/t15-,17-/m0/s1. The molecule has 1 fully saturated rings. The van der Waals surface area contributed by atoms with Crippen molar-refractivity contribution in [2.45, 2.75) is 19.4 Å². The third-order valence-corrected chi connectivity index (χ3v) is 4.85. The number of hydrogen-bond donors (Lipinski definition) is 1. The highest BCUT2D eigenvalue weighted by molar-refractivity contribution is 5.99. The Labute approximate surface area is 169 Å². The Hall–Kier alpha value is -3.35. The lowest BCUT2D eigenvalue weighted by molar-refractivity contribution is -0.152. The molecule has 0 bridgehead atoms. The number of carbonyl (C=O) groups is 3. The average Bonchev–Trinajstić information content (AvgIpc) is 3.14. The highest BCUT2D eigenvalue weighted by Gasteiger charge is 2.36. The summed E-state index contributed by atoms with van der Waals surface area (Å²) in [4.78, 5) is 38.3. The zero-order valence-electron chi connectivity index (χ0n) is 16.5. The summed E-state index contributed by atoms with van der Waals surface area (Å²) in [6, 6.07) is 16.4. The van der Waals surface area contributed by atoms with E-state index in [0.717, 1.165) is 5.56 Å². The van der Waals surface area contributed by atoms with E-state index in [2.05, 4.69) is 5.32 Å². The average molecular weight is 396 g/mol. The maximum Gasteiger partial charge on any atom is 0.311 e. The largest absolute Gasteiger partial charge is 0.497 e. The molecule has 1 saturated heterocycles. The van der Waals surface area contributed by atoms with E-state index in [1.165, 1.54) is 4.90 Å². The number of nitrogens with one attached hydrogen (secondary N) is 1. The first-order chi connectivity index (χ1) is 14.0. The molecule has 2 aromatic carbocycles. The first-order valence-corrected chi connectivity index (χ1v) is 9.43. The first kappa shape index (κ1) is 20.4. The van der Waals surface area contributed by atoms with Gasteiger partial charge in [0.15, 0.2) is 6.61 Å². The van der Waals surface area contributed by atoms with Crippen molar-refractivity contribution in [3.05, 3.63) is 60.2 Å². The van der Waals surface area contributed by atoms with Crippen molar-refractivity contribution in [1.82, 2.24) is 5.32 Å². The number of nitrogens with zero attached hydrogens (tertiary/aromatic N) is 1. The van der Waals surface area contributed by atoms with Gasteiger partial charge in [0.2, 0.25) is 5.91 Å². The van der Waals surface area contributed by atoms with E-state index in [9.17, 15) is 14.4 Å². The zero-order chi connectivity index (χ0) is 20.8. The molecule has 0 aromatic heterocycles. The molecule has 3 rings (SSSR count). The lowest BCUT2D eigenvalue weighted by Gasteiger charge is -2.17. The van der Waals surface area contributed by atoms with E-state index < -0.39 is 11.9 Å². The molecular formula is C22H24N2O5. The highest BCUT2D eigenvalue weighted by atomic mass is 16.5. The Morgan fingerprint density at radius 3 is 2.66 bits per heavy atom. The van der Waals surface area contributed by atoms with Gasteiger partial charge >= 0.3 is 5.97 Å². The van der Waals surface area contributed by atoms with Gasteiger partial charge in [0.25, 0.3) is 5.91 Å². The molecule has 1 aliphatic heterocycles. The Kier molecular flexibility index (Phi) is 6.49. The van der Waals surface area contributed by atoms with E-state index in [4.69, 9.17) is 9.47 Å². The van der Waals surface area contributed by atoms with Crippen LogP contribution in [0, 0.1) is 5.92 Å². The topological polar surface area (TPSA) is 84.9 Å². The molecular weight excluding hydrogens is 372 g/mol. The molecule has 0 unspecified atom stereocenters. The Morgan fingerprint density at radius 2 is 1.93 bits per heavy atom. The van der Waals surface area contributed by atoms with Gasteiger partial charge in [-0.2, -0.15) is 0 Å². The maximum atomic E-state index is 12.3. The van der Waals surface area contributed by atoms with Crippen molar-refractivity contribution >= 4 is 23.5 Å². The molecule has 0 spiro atoms. The minimum absolute atomic E-state index is 0.0537. The van der Waals surface area contributed by atoms with E-state index in [0.29, 0.717) is 11.4 Å². The molecule has 0 saturated carbocycles. The van der Waals surface area contributed by atoms with Gasteiger partial charge in [-0.15, -0.1) is 0 Å². The van der Waals surface area contributed by atoms with Gasteiger partial charge in [-0.25, -0.2) is 0 Å². The third-order valence-electron chi connectivity index (χ3n) is 4.85. The van der Waals surface area contributed by atoms with Crippen LogP contribution in [0.4, 0.5) is 5.69 Å². The van der Waals surface area contributed by atoms with Crippen LogP contribution >= 0.6 is 0 Å². The number of hydrogen-bond acceptors (Lipinski definition) is 5. The third kappa shape index (κ3) is 5.13. The molecule has 1 aliphatic rings. The molecule has 2 atom stereocenters. The number of rotatable bonds is 7. The van der Waals surface area contributed by atoms with Gasteiger partial charge in [-0.3, -0.25) is 14.4 Å². The van der Waals surface area contributed by atoms with E-state index in [-0.39, 0.29) is 37.4 Å². The smallest absolute Gasteiger partial charge is 0.311 e. The van der Waals surface area contributed by atoms with Crippen LogP contribution in [0.2, 0.25) is 0 Å². The lowest BCUT2D eigenvalue weighted by atomic mass is 10.1. The van der Waals surface area contributed by atoms with E-state index >= 15 is 0 Å². The van der Waals surface area contributed by atoms with Crippen molar-refractivity contribution in [2.75, 3.05) is 25.2 Å². The van der Waals surface area contributed by atoms with E-state index in [1.807, 2.05) is 37.3 Å². The minimum atomic E-state index is -0.604. The lowest BCUT2D eigenvalue weighted by Crippen LogP contribution is -2.32. The quantitative estimate of drug-likeness (QED) is 0.727. The van der Waals surface area contributed by atoms with Crippen molar-refractivity contribution in [3.8, 4) is 5.75 Å². The Bertz CT molecular complexity index is 884. The summed E-state index contributed by atoms with van der Waals surface area (Å²) < 4.78 is 10.3. The number of carbonyl (C=O) groups excluding carboxylic acids is 3. The SMILES string of the molecule is COc1cccc(N2C[C@@H](C(=O)OCC(=O)N[C@@H](C)c3ccccc3)CC2=O)c1. The fraction of sp³-hybridized carbons (Fsp3) is 0.318. The van der Waals surface area contributed by atoms with Crippen LogP contribution in [0.3, 0.4) is 0 Å². The van der Waals surface area contributed by atoms with Gasteiger partial charge in [-0.05, 0) is 24.6 Å². The molecule has 2 amide bonds. The van der Waals surface area contributed by atoms with Crippen molar-refractivity contribution in [2.24, 2.45) is 5.92 Å². The van der Waals surface area contributed by atoms with Gasteiger partial charge in [0.1, 0.15) is 5.75 Å². The van der Waals surface area contributed by atoms with Crippen LogP contribution in [-0.2, 0) is 19.1 Å². The minimum Gasteiger partial charge on any atom is -0.497 e. The molecule has 0 aliphatic carbocycles. The number of anilines is 1. The second kappa shape index (κ2) is 9.23. The Balaban J connectivity index is 1.51.